The third-order valence-corrected chi connectivity index (χ3v) is 7.77. The lowest BCUT2D eigenvalue weighted by molar-refractivity contribution is -0.401. The van der Waals surface area contributed by atoms with Gasteiger partial charge in [0.2, 0.25) is 5.69 Å². The first kappa shape index (κ1) is 29.7. The van der Waals surface area contributed by atoms with Crippen molar-refractivity contribution in [1.29, 1.82) is 0 Å². The Morgan fingerprint density at radius 3 is 2.18 bits per heavy atom. The van der Waals surface area contributed by atoms with Crippen LogP contribution in [0.2, 0.25) is 0 Å². The van der Waals surface area contributed by atoms with Gasteiger partial charge in [-0.2, -0.15) is 4.58 Å². The van der Waals surface area contributed by atoms with E-state index in [1.807, 2.05) is 0 Å². The molecule has 0 fully saturated rings. The van der Waals surface area contributed by atoms with Crippen molar-refractivity contribution in [3.63, 3.8) is 0 Å². The number of hydrogen-bond donors (Lipinski definition) is 0. The molecule has 0 spiro atoms. The van der Waals surface area contributed by atoms with Crippen LogP contribution in [0.25, 0.3) is 6.08 Å². The van der Waals surface area contributed by atoms with Crippen LogP contribution in [0, 0.1) is 16.7 Å². The zero-order valence-corrected chi connectivity index (χ0v) is 25.4. The summed E-state index contributed by atoms with van der Waals surface area (Å²) in [5.41, 5.74) is 6.16. The van der Waals surface area contributed by atoms with E-state index in [0.717, 1.165) is 18.7 Å². The molecular formula is C34H49N2O2+. The van der Waals surface area contributed by atoms with E-state index >= 15 is 0 Å². The molecule has 206 valence electrons. The Balaban J connectivity index is 1.63. The summed E-state index contributed by atoms with van der Waals surface area (Å²) in [5.74, 6) is -0.193. The van der Waals surface area contributed by atoms with Gasteiger partial charge in [-0.25, -0.2) is 0 Å². The van der Waals surface area contributed by atoms with Gasteiger partial charge in [-0.15, -0.1) is 0 Å². The minimum Gasteiger partial charge on any atom is -0.464 e. The maximum atomic E-state index is 13.0. The van der Waals surface area contributed by atoms with E-state index in [-0.39, 0.29) is 28.1 Å². The second kappa shape index (κ2) is 11.5. The van der Waals surface area contributed by atoms with Crippen LogP contribution in [0.3, 0.4) is 0 Å². The monoisotopic (exact) mass is 517 g/mol. The fourth-order valence-corrected chi connectivity index (χ4v) is 5.46. The molecule has 0 saturated heterocycles. The molecule has 0 amide bonds. The van der Waals surface area contributed by atoms with Crippen molar-refractivity contribution >= 4 is 29.1 Å². The van der Waals surface area contributed by atoms with Gasteiger partial charge in [0.15, 0.2) is 5.71 Å². The molecule has 38 heavy (non-hydrogen) atoms. The summed E-state index contributed by atoms with van der Waals surface area (Å²) in [6.07, 6.45) is 5.26. The highest BCUT2D eigenvalue weighted by atomic mass is 16.5. The highest BCUT2D eigenvalue weighted by Crippen LogP contribution is 2.39. The van der Waals surface area contributed by atoms with Gasteiger partial charge in [0.25, 0.3) is 0 Å². The van der Waals surface area contributed by atoms with Gasteiger partial charge >= 0.3 is 5.97 Å². The van der Waals surface area contributed by atoms with E-state index in [4.69, 9.17) is 4.74 Å². The predicted octanol–water partition coefficient (Wildman–Crippen LogP) is 7.87. The van der Waals surface area contributed by atoms with E-state index in [1.165, 1.54) is 22.5 Å². The number of ether oxygens (including phenoxy) is 1. The number of carbonyl (C=O) groups is 1. The van der Waals surface area contributed by atoms with Crippen LogP contribution in [0.1, 0.15) is 79.9 Å². The number of rotatable bonds is 9. The molecule has 1 aliphatic heterocycles. The number of para-hydroxylation sites is 1. The Labute approximate surface area is 231 Å². The minimum atomic E-state index is -0.123. The molecule has 0 saturated carbocycles. The van der Waals surface area contributed by atoms with E-state index in [9.17, 15) is 4.79 Å². The van der Waals surface area contributed by atoms with Crippen LogP contribution >= 0.6 is 0 Å². The summed E-state index contributed by atoms with van der Waals surface area (Å²) in [5, 5.41) is 0. The topological polar surface area (TPSA) is 32.5 Å². The summed E-state index contributed by atoms with van der Waals surface area (Å²) in [6, 6.07) is 17.3. The molecule has 2 aromatic carbocycles. The molecular weight excluding hydrogens is 468 g/mol. The number of esters is 1. The number of likely N-dealkylation sites (N-methyl/N-ethyl adjacent to an activating group) is 1. The number of nitrogens with zero attached hydrogens (tertiary/aromatic N) is 2. The van der Waals surface area contributed by atoms with Gasteiger partial charge in [-0.1, -0.05) is 71.9 Å². The van der Waals surface area contributed by atoms with Crippen molar-refractivity contribution in [3.8, 4) is 0 Å². The molecule has 2 aromatic rings. The molecule has 4 nitrogen and oxygen atoms in total. The number of fused-ring (bicyclic) bond motifs is 1. The van der Waals surface area contributed by atoms with E-state index in [0.29, 0.717) is 13.2 Å². The van der Waals surface area contributed by atoms with Gasteiger partial charge in [0.1, 0.15) is 13.7 Å². The van der Waals surface area contributed by atoms with Crippen molar-refractivity contribution in [2.45, 2.75) is 74.1 Å². The summed E-state index contributed by atoms with van der Waals surface area (Å²) < 4.78 is 8.10. The summed E-state index contributed by atoms with van der Waals surface area (Å²) in [6.45, 7) is 21.6. The van der Waals surface area contributed by atoms with Crippen LogP contribution < -0.4 is 4.90 Å². The first-order chi connectivity index (χ1) is 17.6. The summed E-state index contributed by atoms with van der Waals surface area (Å²) in [7, 11) is 2.15. The van der Waals surface area contributed by atoms with Crippen LogP contribution in [-0.2, 0) is 14.9 Å². The molecule has 1 aliphatic rings. The lowest BCUT2D eigenvalue weighted by atomic mass is 9.72. The molecule has 0 aromatic heterocycles. The van der Waals surface area contributed by atoms with Crippen LogP contribution in [0.5, 0.6) is 0 Å². The van der Waals surface area contributed by atoms with Crippen LogP contribution in [0.4, 0.5) is 11.4 Å². The van der Waals surface area contributed by atoms with Crippen molar-refractivity contribution in [2.75, 3.05) is 31.6 Å². The van der Waals surface area contributed by atoms with E-state index in [2.05, 4.69) is 140 Å². The number of hydrogen-bond acceptors (Lipinski definition) is 3. The van der Waals surface area contributed by atoms with Gasteiger partial charge in [-0.05, 0) is 61.8 Å². The average molecular weight is 518 g/mol. The number of allylic oxidation sites excluding steroid dienone is 1. The number of anilines is 1. The van der Waals surface area contributed by atoms with Gasteiger partial charge < -0.3 is 9.64 Å². The Kier molecular flexibility index (Phi) is 8.96. The SMILES string of the molecule is CCN(CCOC(=O)C(CC(C)(C)C)C(C)(C)C)c1ccc(C=CC2=[N+](C)c3ccccc3C2(C)C)cc1. The fraction of sp³-hybridized carbons (Fsp3) is 0.529. The largest absolute Gasteiger partial charge is 0.464 e. The molecule has 3 rings (SSSR count). The molecule has 0 aliphatic carbocycles. The number of carbonyl (C=O) groups excluding carboxylic acids is 1. The van der Waals surface area contributed by atoms with Gasteiger partial charge in [-0.3, -0.25) is 4.79 Å². The average Bonchev–Trinajstić information content (AvgIpc) is 3.03. The predicted molar refractivity (Wildman–Crippen MR) is 162 cm³/mol. The second-order valence-corrected chi connectivity index (χ2v) is 13.4. The molecule has 1 unspecified atom stereocenters. The zero-order valence-electron chi connectivity index (χ0n) is 25.4. The molecule has 0 radical (unpaired) electrons. The van der Waals surface area contributed by atoms with E-state index in [1.54, 1.807) is 0 Å². The highest BCUT2D eigenvalue weighted by Gasteiger charge is 2.42. The minimum absolute atomic E-state index is 0.0306. The Morgan fingerprint density at radius 2 is 1.63 bits per heavy atom. The van der Waals surface area contributed by atoms with Crippen molar-refractivity contribution in [3.05, 3.63) is 65.7 Å². The van der Waals surface area contributed by atoms with E-state index < -0.39 is 0 Å². The molecule has 0 N–H and O–H groups in total. The maximum absolute atomic E-state index is 13.0. The van der Waals surface area contributed by atoms with Gasteiger partial charge in [0.05, 0.1) is 17.9 Å². The third kappa shape index (κ3) is 6.95. The van der Waals surface area contributed by atoms with Crippen molar-refractivity contribution in [1.82, 2.24) is 0 Å². The van der Waals surface area contributed by atoms with Gasteiger partial charge in [0, 0.05) is 29.9 Å². The van der Waals surface area contributed by atoms with Crippen molar-refractivity contribution < 1.29 is 14.1 Å². The first-order valence-electron chi connectivity index (χ1n) is 14.1. The van der Waals surface area contributed by atoms with Crippen LogP contribution in [-0.4, -0.2) is 43.0 Å². The van der Waals surface area contributed by atoms with Crippen LogP contribution in [0.15, 0.2) is 54.6 Å². The molecule has 4 heteroatoms. The zero-order chi connectivity index (χ0) is 28.3. The molecule has 1 heterocycles. The lowest BCUT2D eigenvalue weighted by Gasteiger charge is -2.34. The standard InChI is InChI=1S/C34H49N2O2/c1-11-36(22-23-38-31(37)28(33(5,6)7)24-32(2,3)4)26-19-16-25(17-20-26)18-21-30-34(8,9)27-14-12-13-15-29(27)35(30)10/h12-21,28H,11,22-24H2,1-10H3/q+1. The highest BCUT2D eigenvalue weighted by molar-refractivity contribution is 6.05. The third-order valence-electron chi connectivity index (χ3n) is 7.77. The fourth-order valence-electron chi connectivity index (χ4n) is 5.46. The Hall–Kier alpha value is -2.88. The summed E-state index contributed by atoms with van der Waals surface area (Å²) >= 11 is 0. The maximum Gasteiger partial charge on any atom is 0.309 e. The molecule has 1 atom stereocenters. The quantitative estimate of drug-likeness (QED) is 0.251. The normalized spacial score (nSPS) is 16.1. The molecule has 0 bridgehead atoms. The second-order valence-electron chi connectivity index (χ2n) is 13.4. The lowest BCUT2D eigenvalue weighted by Crippen LogP contribution is -2.35. The Morgan fingerprint density at radius 1 is 1.00 bits per heavy atom. The number of benzene rings is 2. The first-order valence-corrected chi connectivity index (χ1v) is 14.1. The summed E-state index contributed by atoms with van der Waals surface area (Å²) in [4.78, 5) is 15.2. The Bertz CT molecular complexity index is 1170. The van der Waals surface area contributed by atoms with Crippen molar-refractivity contribution in [2.24, 2.45) is 16.7 Å². The smallest absolute Gasteiger partial charge is 0.309 e.